The SMILES string of the molecule is CCN1CCN(C(=O)c2cccc(S(=O)(=O)N3CCC(C)CC3)c2)CC1. The van der Waals surface area contributed by atoms with Crippen LogP contribution in [0.4, 0.5) is 0 Å². The zero-order valence-corrected chi connectivity index (χ0v) is 16.5. The molecular formula is C19H29N3O3S. The maximum Gasteiger partial charge on any atom is 0.253 e. The van der Waals surface area contributed by atoms with Gasteiger partial charge in [-0.1, -0.05) is 19.9 Å². The summed E-state index contributed by atoms with van der Waals surface area (Å²) in [5.74, 6) is 0.487. The number of hydrogen-bond acceptors (Lipinski definition) is 4. The van der Waals surface area contributed by atoms with E-state index < -0.39 is 10.0 Å². The minimum atomic E-state index is -3.53. The molecule has 0 bridgehead atoms. The standard InChI is InChI=1S/C19H29N3O3S/c1-3-20-11-13-21(14-12-20)19(23)17-5-4-6-18(15-17)26(24,25)22-9-7-16(2)8-10-22/h4-6,15-16H,3,7-14H2,1-2H3. The molecular weight excluding hydrogens is 350 g/mol. The van der Waals surface area contributed by atoms with Crippen molar-refractivity contribution in [2.24, 2.45) is 5.92 Å². The van der Waals surface area contributed by atoms with Crippen LogP contribution in [-0.4, -0.2) is 74.2 Å². The number of piperazine rings is 1. The second-order valence-corrected chi connectivity index (χ2v) is 9.28. The predicted octanol–water partition coefficient (Wildman–Crippen LogP) is 1.88. The first-order chi connectivity index (χ1) is 12.4. The summed E-state index contributed by atoms with van der Waals surface area (Å²) in [6, 6.07) is 6.53. The Morgan fingerprint density at radius 1 is 1.08 bits per heavy atom. The molecule has 0 aromatic heterocycles. The normalized spacial score (nSPS) is 21.1. The van der Waals surface area contributed by atoms with Gasteiger partial charge < -0.3 is 9.80 Å². The van der Waals surface area contributed by atoms with Crippen LogP contribution < -0.4 is 0 Å². The number of nitrogens with zero attached hydrogens (tertiary/aromatic N) is 3. The van der Waals surface area contributed by atoms with Crippen molar-refractivity contribution in [2.45, 2.75) is 31.6 Å². The van der Waals surface area contributed by atoms with Crippen LogP contribution in [0, 0.1) is 5.92 Å². The van der Waals surface area contributed by atoms with Crippen molar-refractivity contribution in [3.05, 3.63) is 29.8 Å². The summed E-state index contributed by atoms with van der Waals surface area (Å²) in [5.41, 5.74) is 0.460. The quantitative estimate of drug-likeness (QED) is 0.801. The van der Waals surface area contributed by atoms with Crippen molar-refractivity contribution in [2.75, 3.05) is 45.8 Å². The van der Waals surface area contributed by atoms with Gasteiger partial charge in [0, 0.05) is 44.8 Å². The van der Waals surface area contributed by atoms with E-state index in [1.807, 2.05) is 4.90 Å². The molecule has 144 valence electrons. The number of likely N-dealkylation sites (N-methyl/N-ethyl adjacent to an activating group) is 1. The number of benzene rings is 1. The summed E-state index contributed by atoms with van der Waals surface area (Å²) >= 11 is 0. The molecule has 2 fully saturated rings. The largest absolute Gasteiger partial charge is 0.336 e. The van der Waals surface area contributed by atoms with Gasteiger partial charge in [-0.15, -0.1) is 0 Å². The lowest BCUT2D eigenvalue weighted by Gasteiger charge is -2.34. The van der Waals surface area contributed by atoms with Crippen LogP contribution in [0.25, 0.3) is 0 Å². The molecule has 0 unspecified atom stereocenters. The van der Waals surface area contributed by atoms with Crippen LogP contribution in [0.15, 0.2) is 29.2 Å². The fourth-order valence-corrected chi connectivity index (χ4v) is 5.13. The molecule has 0 radical (unpaired) electrons. The smallest absolute Gasteiger partial charge is 0.253 e. The molecule has 1 aromatic carbocycles. The Kier molecular flexibility index (Phi) is 5.99. The predicted molar refractivity (Wildman–Crippen MR) is 102 cm³/mol. The van der Waals surface area contributed by atoms with E-state index in [1.54, 1.807) is 28.6 Å². The summed E-state index contributed by atoms with van der Waals surface area (Å²) in [6.45, 7) is 9.49. The molecule has 1 aromatic rings. The highest BCUT2D eigenvalue weighted by atomic mass is 32.2. The molecule has 1 amide bonds. The molecule has 2 aliphatic heterocycles. The first-order valence-corrected chi connectivity index (χ1v) is 11.0. The second kappa shape index (κ2) is 8.06. The summed E-state index contributed by atoms with van der Waals surface area (Å²) in [4.78, 5) is 17.1. The minimum absolute atomic E-state index is 0.0786. The molecule has 7 heteroatoms. The van der Waals surface area contributed by atoms with E-state index in [0.29, 0.717) is 37.7 Å². The molecule has 2 aliphatic rings. The average molecular weight is 380 g/mol. The van der Waals surface area contributed by atoms with Crippen molar-refractivity contribution in [3.63, 3.8) is 0 Å². The molecule has 0 saturated carbocycles. The fourth-order valence-electron chi connectivity index (χ4n) is 3.61. The van der Waals surface area contributed by atoms with E-state index in [4.69, 9.17) is 0 Å². The summed E-state index contributed by atoms with van der Waals surface area (Å²) < 4.78 is 27.4. The van der Waals surface area contributed by atoms with E-state index in [9.17, 15) is 13.2 Å². The monoisotopic (exact) mass is 379 g/mol. The number of amides is 1. The van der Waals surface area contributed by atoms with E-state index in [2.05, 4.69) is 18.7 Å². The van der Waals surface area contributed by atoms with Crippen molar-refractivity contribution < 1.29 is 13.2 Å². The lowest BCUT2D eigenvalue weighted by Crippen LogP contribution is -2.48. The van der Waals surface area contributed by atoms with Gasteiger partial charge in [-0.25, -0.2) is 8.42 Å². The van der Waals surface area contributed by atoms with Crippen molar-refractivity contribution in [1.82, 2.24) is 14.1 Å². The maximum absolute atomic E-state index is 12.9. The van der Waals surface area contributed by atoms with E-state index in [1.165, 1.54) is 0 Å². The molecule has 0 atom stereocenters. The number of rotatable bonds is 4. The van der Waals surface area contributed by atoms with E-state index in [0.717, 1.165) is 32.5 Å². The second-order valence-electron chi connectivity index (χ2n) is 7.34. The third-order valence-corrected chi connectivity index (χ3v) is 7.46. The van der Waals surface area contributed by atoms with Gasteiger partial charge in [-0.05, 0) is 43.5 Å². The number of carbonyl (C=O) groups excluding carboxylic acids is 1. The lowest BCUT2D eigenvalue weighted by molar-refractivity contribution is 0.0643. The van der Waals surface area contributed by atoms with Gasteiger partial charge >= 0.3 is 0 Å². The number of hydrogen-bond donors (Lipinski definition) is 0. The Morgan fingerprint density at radius 2 is 1.73 bits per heavy atom. The average Bonchev–Trinajstić information content (AvgIpc) is 2.68. The van der Waals surface area contributed by atoms with Crippen LogP contribution in [0.2, 0.25) is 0 Å². The summed E-state index contributed by atoms with van der Waals surface area (Å²) in [6.07, 6.45) is 1.78. The highest BCUT2D eigenvalue weighted by Crippen LogP contribution is 2.24. The van der Waals surface area contributed by atoms with Gasteiger partial charge in [0.2, 0.25) is 10.0 Å². The Bertz CT molecular complexity index is 734. The highest BCUT2D eigenvalue weighted by molar-refractivity contribution is 7.89. The van der Waals surface area contributed by atoms with Crippen LogP contribution >= 0.6 is 0 Å². The molecule has 0 N–H and O–H groups in total. The van der Waals surface area contributed by atoms with E-state index >= 15 is 0 Å². The van der Waals surface area contributed by atoms with Gasteiger partial charge in [0.1, 0.15) is 0 Å². The molecule has 3 rings (SSSR count). The van der Waals surface area contributed by atoms with Crippen LogP contribution in [0.3, 0.4) is 0 Å². The van der Waals surface area contributed by atoms with Crippen LogP contribution in [-0.2, 0) is 10.0 Å². The van der Waals surface area contributed by atoms with Crippen molar-refractivity contribution in [3.8, 4) is 0 Å². The van der Waals surface area contributed by atoms with E-state index in [-0.39, 0.29) is 10.8 Å². The van der Waals surface area contributed by atoms with Crippen LogP contribution in [0.1, 0.15) is 37.0 Å². The summed E-state index contributed by atoms with van der Waals surface area (Å²) in [5, 5.41) is 0. The Labute approximate surface area is 156 Å². The van der Waals surface area contributed by atoms with Gasteiger partial charge in [-0.2, -0.15) is 4.31 Å². The molecule has 2 saturated heterocycles. The Morgan fingerprint density at radius 3 is 2.35 bits per heavy atom. The topological polar surface area (TPSA) is 60.9 Å². The van der Waals surface area contributed by atoms with Gasteiger partial charge in [0.25, 0.3) is 5.91 Å². The molecule has 2 heterocycles. The zero-order chi connectivity index (χ0) is 18.7. The lowest BCUT2D eigenvalue weighted by atomic mass is 10.0. The highest BCUT2D eigenvalue weighted by Gasteiger charge is 2.29. The Hall–Kier alpha value is -1.44. The van der Waals surface area contributed by atoms with Crippen molar-refractivity contribution >= 4 is 15.9 Å². The third-order valence-electron chi connectivity index (χ3n) is 5.57. The first-order valence-electron chi connectivity index (χ1n) is 9.53. The fraction of sp³-hybridized carbons (Fsp3) is 0.632. The number of sulfonamides is 1. The van der Waals surface area contributed by atoms with Gasteiger partial charge in [0.05, 0.1) is 4.90 Å². The Balaban J connectivity index is 1.74. The van der Waals surface area contributed by atoms with Crippen LogP contribution in [0.5, 0.6) is 0 Å². The molecule has 0 spiro atoms. The number of carbonyl (C=O) groups is 1. The maximum atomic E-state index is 12.9. The molecule has 26 heavy (non-hydrogen) atoms. The zero-order valence-electron chi connectivity index (χ0n) is 15.7. The summed E-state index contributed by atoms with van der Waals surface area (Å²) in [7, 11) is -3.53. The molecule has 6 nitrogen and oxygen atoms in total. The third kappa shape index (κ3) is 4.10. The molecule has 0 aliphatic carbocycles. The first kappa shape index (κ1) is 19.3. The van der Waals surface area contributed by atoms with Crippen molar-refractivity contribution in [1.29, 1.82) is 0 Å². The van der Waals surface area contributed by atoms with Gasteiger partial charge in [0.15, 0.2) is 0 Å². The minimum Gasteiger partial charge on any atom is -0.336 e. The van der Waals surface area contributed by atoms with Gasteiger partial charge in [-0.3, -0.25) is 4.79 Å². The number of piperidine rings is 1.